The van der Waals surface area contributed by atoms with E-state index in [0.29, 0.717) is 23.7 Å². The van der Waals surface area contributed by atoms with Gasteiger partial charge in [0.15, 0.2) is 0 Å². The lowest BCUT2D eigenvalue weighted by Crippen LogP contribution is -2.40. The fraction of sp³-hybridized carbons (Fsp3) is 0.467. The Morgan fingerprint density at radius 3 is 2.55 bits per heavy atom. The lowest BCUT2D eigenvalue weighted by molar-refractivity contribution is -0.139. The van der Waals surface area contributed by atoms with Gasteiger partial charge in [-0.2, -0.15) is 0 Å². The number of hydrogen-bond donors (Lipinski definition) is 1. The summed E-state index contributed by atoms with van der Waals surface area (Å²) in [5, 5.41) is 9.61. The van der Waals surface area contributed by atoms with Crippen molar-refractivity contribution in [1.29, 1.82) is 0 Å². The molecule has 4 nitrogen and oxygen atoms in total. The van der Waals surface area contributed by atoms with Gasteiger partial charge in [0.25, 0.3) is 5.91 Å². The largest absolute Gasteiger partial charge is 0.481 e. The molecular formula is C15H16ClNO3. The molecule has 20 heavy (non-hydrogen) atoms. The van der Waals surface area contributed by atoms with E-state index in [-0.39, 0.29) is 17.2 Å². The van der Waals surface area contributed by atoms with Crippen molar-refractivity contribution < 1.29 is 14.7 Å². The lowest BCUT2D eigenvalue weighted by atomic mass is 9.90. The molecule has 1 spiro atoms. The molecule has 1 aliphatic heterocycles. The molecule has 1 saturated carbocycles. The minimum Gasteiger partial charge on any atom is -0.481 e. The van der Waals surface area contributed by atoms with Gasteiger partial charge >= 0.3 is 5.97 Å². The highest BCUT2D eigenvalue weighted by atomic mass is 35.5. The van der Waals surface area contributed by atoms with Crippen LogP contribution in [0, 0.1) is 11.3 Å². The number of amides is 1. The molecule has 1 heterocycles. The summed E-state index contributed by atoms with van der Waals surface area (Å²) in [7, 11) is 0. The number of rotatable bonds is 2. The van der Waals surface area contributed by atoms with Crippen LogP contribution in [0.2, 0.25) is 5.02 Å². The van der Waals surface area contributed by atoms with Crippen LogP contribution in [0.15, 0.2) is 24.3 Å². The molecule has 1 N–H and O–H groups in total. The SMILES string of the molecule is O=C(O)C1CC12CCN(C(=O)c1cccc(Cl)c1)CC2. The smallest absolute Gasteiger partial charge is 0.307 e. The predicted molar refractivity (Wildman–Crippen MR) is 74.8 cm³/mol. The first-order chi connectivity index (χ1) is 9.52. The van der Waals surface area contributed by atoms with Crippen LogP contribution in [-0.4, -0.2) is 35.0 Å². The summed E-state index contributed by atoms with van der Waals surface area (Å²) in [6.07, 6.45) is 2.34. The van der Waals surface area contributed by atoms with Crippen LogP contribution in [-0.2, 0) is 4.79 Å². The van der Waals surface area contributed by atoms with Crippen molar-refractivity contribution >= 4 is 23.5 Å². The van der Waals surface area contributed by atoms with E-state index in [0.717, 1.165) is 19.3 Å². The third-order valence-corrected chi connectivity index (χ3v) is 4.84. The first-order valence-corrected chi connectivity index (χ1v) is 7.17. The van der Waals surface area contributed by atoms with Crippen LogP contribution in [0.25, 0.3) is 0 Å². The van der Waals surface area contributed by atoms with Crippen LogP contribution >= 0.6 is 11.6 Å². The third kappa shape index (κ3) is 2.29. The van der Waals surface area contributed by atoms with Gasteiger partial charge < -0.3 is 10.0 Å². The summed E-state index contributed by atoms with van der Waals surface area (Å²) >= 11 is 5.90. The van der Waals surface area contributed by atoms with E-state index in [4.69, 9.17) is 16.7 Å². The van der Waals surface area contributed by atoms with Gasteiger partial charge in [0.05, 0.1) is 5.92 Å². The highest BCUT2D eigenvalue weighted by Crippen LogP contribution is 2.59. The first kappa shape index (κ1) is 13.4. The number of likely N-dealkylation sites (tertiary alicyclic amines) is 1. The number of aliphatic carboxylic acids is 1. The number of carbonyl (C=O) groups excluding carboxylic acids is 1. The van der Waals surface area contributed by atoms with Crippen LogP contribution < -0.4 is 0 Å². The second kappa shape index (κ2) is 4.77. The standard InChI is InChI=1S/C15H16ClNO3/c16-11-3-1-2-10(8-11)13(18)17-6-4-15(5-7-17)9-12(15)14(19)20/h1-3,8,12H,4-7,9H2,(H,19,20). The Morgan fingerprint density at radius 2 is 2.00 bits per heavy atom. The fourth-order valence-corrected chi connectivity index (χ4v) is 3.40. The second-order valence-electron chi connectivity index (χ2n) is 5.76. The first-order valence-electron chi connectivity index (χ1n) is 6.79. The van der Waals surface area contributed by atoms with Crippen molar-refractivity contribution in [2.24, 2.45) is 11.3 Å². The number of nitrogens with zero attached hydrogens (tertiary/aromatic N) is 1. The van der Waals surface area contributed by atoms with E-state index in [1.165, 1.54) is 0 Å². The summed E-state index contributed by atoms with van der Waals surface area (Å²) in [5.41, 5.74) is 0.552. The number of benzene rings is 1. The minimum atomic E-state index is -0.695. The number of piperidine rings is 1. The Bertz CT molecular complexity index is 564. The average molecular weight is 294 g/mol. The highest BCUT2D eigenvalue weighted by Gasteiger charge is 2.59. The molecule has 106 valence electrons. The van der Waals surface area contributed by atoms with Gasteiger partial charge in [0.2, 0.25) is 0 Å². The summed E-state index contributed by atoms with van der Waals surface area (Å²) < 4.78 is 0. The van der Waals surface area contributed by atoms with Crippen molar-refractivity contribution in [2.75, 3.05) is 13.1 Å². The number of carboxylic acids is 1. The summed E-state index contributed by atoms with van der Waals surface area (Å²) in [4.78, 5) is 25.2. The molecule has 2 fully saturated rings. The molecule has 0 bridgehead atoms. The Balaban J connectivity index is 1.64. The minimum absolute atomic E-state index is 0.0186. The van der Waals surface area contributed by atoms with E-state index in [9.17, 15) is 9.59 Å². The number of carbonyl (C=O) groups is 2. The van der Waals surface area contributed by atoms with Crippen molar-refractivity contribution in [3.8, 4) is 0 Å². The monoisotopic (exact) mass is 293 g/mol. The normalized spacial score (nSPS) is 23.6. The Kier molecular flexibility index (Phi) is 3.21. The molecule has 5 heteroatoms. The molecule has 1 aromatic rings. The van der Waals surface area contributed by atoms with Crippen LogP contribution in [0.5, 0.6) is 0 Å². The summed E-state index contributed by atoms with van der Waals surface area (Å²) in [6.45, 7) is 1.27. The summed E-state index contributed by atoms with van der Waals surface area (Å²) in [6, 6.07) is 6.94. The molecule has 0 radical (unpaired) electrons. The van der Waals surface area contributed by atoms with Crippen LogP contribution in [0.1, 0.15) is 29.6 Å². The fourth-order valence-electron chi connectivity index (χ4n) is 3.21. The third-order valence-electron chi connectivity index (χ3n) is 4.61. The number of hydrogen-bond acceptors (Lipinski definition) is 2. The second-order valence-corrected chi connectivity index (χ2v) is 6.20. The van der Waals surface area contributed by atoms with Crippen molar-refractivity contribution in [3.05, 3.63) is 34.9 Å². The average Bonchev–Trinajstić information content (AvgIpc) is 3.13. The lowest BCUT2D eigenvalue weighted by Gasteiger charge is -2.32. The van der Waals surface area contributed by atoms with Crippen molar-refractivity contribution in [3.63, 3.8) is 0 Å². The highest BCUT2D eigenvalue weighted by molar-refractivity contribution is 6.30. The molecule has 2 aliphatic rings. The van der Waals surface area contributed by atoms with E-state index in [2.05, 4.69) is 0 Å². The van der Waals surface area contributed by atoms with Gasteiger partial charge in [-0.05, 0) is 42.9 Å². The molecule has 1 unspecified atom stereocenters. The molecule has 1 amide bonds. The number of carboxylic acid groups (broad SMARTS) is 1. The van der Waals surface area contributed by atoms with E-state index in [1.807, 2.05) is 0 Å². The quantitative estimate of drug-likeness (QED) is 0.912. The van der Waals surface area contributed by atoms with Crippen LogP contribution in [0.4, 0.5) is 0 Å². The van der Waals surface area contributed by atoms with Gasteiger partial charge in [0, 0.05) is 23.7 Å². The topological polar surface area (TPSA) is 57.6 Å². The molecule has 0 aromatic heterocycles. The maximum absolute atomic E-state index is 12.3. The zero-order valence-corrected chi connectivity index (χ0v) is 11.8. The van der Waals surface area contributed by atoms with Crippen molar-refractivity contribution in [2.45, 2.75) is 19.3 Å². The molecular weight excluding hydrogens is 278 g/mol. The van der Waals surface area contributed by atoms with E-state index in [1.54, 1.807) is 29.2 Å². The molecule has 1 atom stereocenters. The summed E-state index contributed by atoms with van der Waals surface area (Å²) in [5.74, 6) is -0.916. The van der Waals surface area contributed by atoms with Gasteiger partial charge in [0.1, 0.15) is 0 Å². The maximum Gasteiger partial charge on any atom is 0.307 e. The van der Waals surface area contributed by atoms with Gasteiger partial charge in [-0.3, -0.25) is 9.59 Å². The van der Waals surface area contributed by atoms with E-state index < -0.39 is 5.97 Å². The van der Waals surface area contributed by atoms with Gasteiger partial charge in [-0.1, -0.05) is 17.7 Å². The Labute approximate surface area is 122 Å². The van der Waals surface area contributed by atoms with E-state index >= 15 is 0 Å². The molecule has 1 saturated heterocycles. The maximum atomic E-state index is 12.3. The zero-order chi connectivity index (χ0) is 14.3. The van der Waals surface area contributed by atoms with Gasteiger partial charge in [-0.15, -0.1) is 0 Å². The Hall–Kier alpha value is -1.55. The molecule has 1 aromatic carbocycles. The number of halogens is 1. The van der Waals surface area contributed by atoms with Crippen LogP contribution in [0.3, 0.4) is 0 Å². The van der Waals surface area contributed by atoms with Crippen molar-refractivity contribution in [1.82, 2.24) is 4.90 Å². The zero-order valence-electron chi connectivity index (χ0n) is 11.0. The molecule has 1 aliphatic carbocycles. The predicted octanol–water partition coefficient (Wildman–Crippen LogP) is 2.67. The van der Waals surface area contributed by atoms with Gasteiger partial charge in [-0.25, -0.2) is 0 Å². The molecule has 3 rings (SSSR count). The Morgan fingerprint density at radius 1 is 1.30 bits per heavy atom.